The van der Waals surface area contributed by atoms with E-state index in [2.05, 4.69) is 4.72 Å². The highest BCUT2D eigenvalue weighted by atomic mass is 35.5. The fraction of sp³-hybridized carbons (Fsp3) is 0.571. The maximum absolute atomic E-state index is 12.5. The van der Waals surface area contributed by atoms with Gasteiger partial charge in [0.25, 0.3) is 0 Å². The van der Waals surface area contributed by atoms with Crippen molar-refractivity contribution in [3.63, 3.8) is 0 Å². The van der Waals surface area contributed by atoms with E-state index in [0.717, 1.165) is 19.3 Å². The summed E-state index contributed by atoms with van der Waals surface area (Å²) in [5.41, 5.74) is 6.58. The van der Waals surface area contributed by atoms with Gasteiger partial charge in [-0.1, -0.05) is 30.9 Å². The van der Waals surface area contributed by atoms with Crippen molar-refractivity contribution in [1.29, 1.82) is 0 Å². The molecule has 0 amide bonds. The van der Waals surface area contributed by atoms with Gasteiger partial charge in [-0.25, -0.2) is 13.1 Å². The second kappa shape index (κ2) is 6.52. The van der Waals surface area contributed by atoms with E-state index in [4.69, 9.17) is 17.3 Å². The molecule has 1 saturated carbocycles. The van der Waals surface area contributed by atoms with E-state index in [1.165, 1.54) is 12.1 Å². The highest BCUT2D eigenvalue weighted by molar-refractivity contribution is 7.89. The molecule has 0 radical (unpaired) electrons. The van der Waals surface area contributed by atoms with Gasteiger partial charge in [0, 0.05) is 16.8 Å². The van der Waals surface area contributed by atoms with Crippen LogP contribution in [0.4, 0.5) is 5.69 Å². The fourth-order valence-corrected chi connectivity index (χ4v) is 4.54. The van der Waals surface area contributed by atoms with E-state index in [1.807, 2.05) is 0 Å². The Morgan fingerprint density at radius 1 is 1.29 bits per heavy atom. The van der Waals surface area contributed by atoms with Gasteiger partial charge in [0.1, 0.15) is 0 Å². The van der Waals surface area contributed by atoms with Crippen molar-refractivity contribution in [3.8, 4) is 0 Å². The minimum absolute atomic E-state index is 0.0731. The summed E-state index contributed by atoms with van der Waals surface area (Å²) in [6.07, 6.45) is 3.43. The number of anilines is 1. The van der Waals surface area contributed by atoms with Crippen LogP contribution >= 0.6 is 11.6 Å². The molecule has 1 aliphatic rings. The molecule has 118 valence electrons. The average Bonchev–Trinajstić information content (AvgIpc) is 2.59. The molecule has 2 atom stereocenters. The first-order valence-corrected chi connectivity index (χ1v) is 8.93. The van der Waals surface area contributed by atoms with Crippen LogP contribution in [0.5, 0.6) is 0 Å². The summed E-state index contributed by atoms with van der Waals surface area (Å²) in [6.45, 7) is 1.64. The number of benzene rings is 1. The van der Waals surface area contributed by atoms with Crippen molar-refractivity contribution in [2.45, 2.75) is 56.1 Å². The summed E-state index contributed by atoms with van der Waals surface area (Å²) in [6, 6.07) is 2.45. The number of hydrogen-bond donors (Lipinski definition) is 3. The Hall–Kier alpha value is -0.820. The van der Waals surface area contributed by atoms with Crippen molar-refractivity contribution < 1.29 is 13.5 Å². The maximum atomic E-state index is 12.5. The van der Waals surface area contributed by atoms with Crippen LogP contribution in [-0.4, -0.2) is 25.7 Å². The van der Waals surface area contributed by atoms with Crippen molar-refractivity contribution in [1.82, 2.24) is 4.72 Å². The number of rotatable bonds is 3. The van der Waals surface area contributed by atoms with Crippen LogP contribution in [0.1, 0.15) is 37.7 Å². The second-order valence-corrected chi connectivity index (χ2v) is 7.67. The topological polar surface area (TPSA) is 92.4 Å². The molecule has 1 aliphatic carbocycles. The van der Waals surface area contributed by atoms with E-state index >= 15 is 0 Å². The Morgan fingerprint density at radius 2 is 1.95 bits per heavy atom. The maximum Gasteiger partial charge on any atom is 0.241 e. The van der Waals surface area contributed by atoms with Gasteiger partial charge < -0.3 is 10.8 Å². The van der Waals surface area contributed by atoms with Crippen molar-refractivity contribution in [3.05, 3.63) is 22.7 Å². The van der Waals surface area contributed by atoms with E-state index in [-0.39, 0.29) is 9.92 Å². The molecule has 0 bridgehead atoms. The molecule has 1 aromatic rings. The second-order valence-electron chi connectivity index (χ2n) is 5.55. The molecule has 0 heterocycles. The zero-order chi connectivity index (χ0) is 15.6. The van der Waals surface area contributed by atoms with Crippen molar-refractivity contribution in [2.75, 3.05) is 5.73 Å². The zero-order valence-corrected chi connectivity index (χ0v) is 13.5. The number of aliphatic hydroxyl groups is 1. The van der Waals surface area contributed by atoms with Crippen molar-refractivity contribution in [2.24, 2.45) is 0 Å². The Balaban J connectivity index is 2.30. The molecule has 1 fully saturated rings. The molecule has 2 unspecified atom stereocenters. The van der Waals surface area contributed by atoms with Crippen LogP contribution in [0.25, 0.3) is 0 Å². The van der Waals surface area contributed by atoms with E-state index in [0.29, 0.717) is 24.1 Å². The van der Waals surface area contributed by atoms with Gasteiger partial charge in [0.2, 0.25) is 10.0 Å². The summed E-state index contributed by atoms with van der Waals surface area (Å²) in [4.78, 5) is 0.0731. The predicted molar refractivity (Wildman–Crippen MR) is 83.8 cm³/mol. The molecule has 7 heteroatoms. The van der Waals surface area contributed by atoms with Gasteiger partial charge in [0.05, 0.1) is 11.0 Å². The van der Waals surface area contributed by atoms with Gasteiger partial charge >= 0.3 is 0 Å². The number of aliphatic hydroxyl groups excluding tert-OH is 1. The van der Waals surface area contributed by atoms with E-state index < -0.39 is 22.2 Å². The number of nitrogen functional groups attached to an aromatic ring is 1. The average molecular weight is 333 g/mol. The number of sulfonamides is 1. The lowest BCUT2D eigenvalue weighted by Gasteiger charge is -2.22. The van der Waals surface area contributed by atoms with Crippen LogP contribution < -0.4 is 10.5 Å². The smallest absolute Gasteiger partial charge is 0.241 e. The number of halogens is 1. The summed E-state index contributed by atoms with van der Waals surface area (Å²) < 4.78 is 27.7. The third-order valence-electron chi connectivity index (χ3n) is 3.94. The quantitative estimate of drug-likeness (QED) is 0.584. The van der Waals surface area contributed by atoms with Crippen LogP contribution in [0.3, 0.4) is 0 Å². The lowest BCUT2D eigenvalue weighted by Crippen LogP contribution is -2.42. The lowest BCUT2D eigenvalue weighted by atomic mass is 10.1. The molecular formula is C14H21ClN2O3S. The Kier molecular flexibility index (Phi) is 5.14. The molecule has 1 aromatic carbocycles. The molecule has 2 rings (SSSR count). The van der Waals surface area contributed by atoms with Gasteiger partial charge in [-0.2, -0.15) is 0 Å². The van der Waals surface area contributed by atoms with E-state index in [1.54, 1.807) is 6.92 Å². The molecular weight excluding hydrogens is 312 g/mol. The molecule has 5 nitrogen and oxygen atoms in total. The fourth-order valence-electron chi connectivity index (χ4n) is 2.64. The van der Waals surface area contributed by atoms with Crippen molar-refractivity contribution >= 4 is 27.3 Å². The van der Waals surface area contributed by atoms with Crippen LogP contribution in [0, 0.1) is 6.92 Å². The standard InChI is InChI=1S/C14H21ClN2O3S/c1-9-11(16)7-10(15)8-14(9)21(19,20)17-12-5-3-2-4-6-13(12)18/h7-8,12-13,17-18H,2-6,16H2,1H3. The summed E-state index contributed by atoms with van der Waals surface area (Å²) in [5.74, 6) is 0. The third kappa shape index (κ3) is 3.88. The number of nitrogens with two attached hydrogens (primary N) is 1. The normalized spacial score (nSPS) is 23.8. The summed E-state index contributed by atoms with van der Waals surface area (Å²) >= 11 is 5.90. The zero-order valence-electron chi connectivity index (χ0n) is 12.0. The Bertz CT molecular complexity index is 619. The minimum Gasteiger partial charge on any atom is -0.398 e. The molecule has 0 aromatic heterocycles. The summed E-state index contributed by atoms with van der Waals surface area (Å²) in [7, 11) is -3.76. The van der Waals surface area contributed by atoms with Gasteiger partial charge in [-0.05, 0) is 37.5 Å². The highest BCUT2D eigenvalue weighted by Gasteiger charge is 2.28. The lowest BCUT2D eigenvalue weighted by molar-refractivity contribution is 0.130. The number of nitrogens with one attached hydrogen (secondary N) is 1. The minimum atomic E-state index is -3.76. The first kappa shape index (κ1) is 16.5. The predicted octanol–water partition coefficient (Wildman–Crippen LogP) is 2.20. The third-order valence-corrected chi connectivity index (χ3v) is 5.77. The molecule has 0 spiro atoms. The van der Waals surface area contributed by atoms with Crippen LogP contribution in [0.15, 0.2) is 17.0 Å². The summed E-state index contributed by atoms with van der Waals surface area (Å²) in [5, 5.41) is 10.3. The van der Waals surface area contributed by atoms with Gasteiger partial charge in [0.15, 0.2) is 0 Å². The molecule has 4 N–H and O–H groups in total. The number of hydrogen-bond acceptors (Lipinski definition) is 4. The Morgan fingerprint density at radius 3 is 2.67 bits per heavy atom. The Labute approximate surface area is 130 Å². The monoisotopic (exact) mass is 332 g/mol. The van der Waals surface area contributed by atoms with Crippen LogP contribution in [-0.2, 0) is 10.0 Å². The largest absolute Gasteiger partial charge is 0.398 e. The first-order chi connectivity index (χ1) is 9.81. The molecule has 0 saturated heterocycles. The highest BCUT2D eigenvalue weighted by Crippen LogP contribution is 2.27. The first-order valence-electron chi connectivity index (χ1n) is 7.07. The van der Waals surface area contributed by atoms with E-state index in [9.17, 15) is 13.5 Å². The molecule has 21 heavy (non-hydrogen) atoms. The van der Waals surface area contributed by atoms with Crippen LogP contribution in [0.2, 0.25) is 5.02 Å². The van der Waals surface area contributed by atoms with Gasteiger partial charge in [-0.3, -0.25) is 0 Å². The molecule has 0 aliphatic heterocycles. The SMILES string of the molecule is Cc1c(N)cc(Cl)cc1S(=O)(=O)NC1CCCCCC1O. The van der Waals surface area contributed by atoms with Gasteiger partial charge in [-0.15, -0.1) is 0 Å².